The molecule has 3 aromatic heterocycles. The maximum Gasteiger partial charge on any atom is 0.160 e. The number of aryl methyl sites for hydroxylation is 1. The number of carbonyl (C=O) groups is 1. The third-order valence-electron chi connectivity index (χ3n) is 7.15. The van der Waals surface area contributed by atoms with Crippen LogP contribution < -0.4 is 10.2 Å². The molecule has 1 aromatic carbocycles. The minimum atomic E-state index is 0.196. The topological polar surface area (TPSA) is 88.3 Å². The number of para-hydroxylation sites is 2. The number of nitrogens with zero attached hydrogens (tertiary/aromatic N) is 6. The van der Waals surface area contributed by atoms with Gasteiger partial charge < -0.3 is 15.0 Å². The minimum absolute atomic E-state index is 0.196. The van der Waals surface area contributed by atoms with Crippen LogP contribution >= 0.6 is 0 Å². The summed E-state index contributed by atoms with van der Waals surface area (Å²) < 4.78 is 1.90. The Bertz CT molecular complexity index is 1350. The van der Waals surface area contributed by atoms with E-state index in [1.807, 2.05) is 41.8 Å². The van der Waals surface area contributed by atoms with Gasteiger partial charge >= 0.3 is 0 Å². The number of rotatable bonds is 5. The highest BCUT2D eigenvalue weighted by Crippen LogP contribution is 2.30. The second-order valence-corrected chi connectivity index (χ2v) is 9.53. The summed E-state index contributed by atoms with van der Waals surface area (Å²) in [6.07, 6.45) is 7.34. The number of aromatic nitrogens is 5. The van der Waals surface area contributed by atoms with E-state index in [1.165, 1.54) is 12.8 Å². The molecule has 0 unspecified atom stereocenters. The predicted molar refractivity (Wildman–Crippen MR) is 133 cm³/mol. The summed E-state index contributed by atoms with van der Waals surface area (Å²) in [5.41, 5.74) is 4.95. The molecule has 174 valence electrons. The van der Waals surface area contributed by atoms with Gasteiger partial charge in [0.1, 0.15) is 29.3 Å². The first-order valence-electron chi connectivity index (χ1n) is 12.3. The number of carbonyl (C=O) groups excluding carboxylic acids is 1. The van der Waals surface area contributed by atoms with E-state index in [2.05, 4.69) is 16.3 Å². The Hall–Kier alpha value is -3.55. The number of hydrogen-bond acceptors (Lipinski definition) is 7. The van der Waals surface area contributed by atoms with E-state index in [4.69, 9.17) is 20.1 Å². The number of aldehydes is 1. The first-order chi connectivity index (χ1) is 16.7. The van der Waals surface area contributed by atoms with Crippen molar-refractivity contribution >= 4 is 34.6 Å². The average Bonchev–Trinajstić information content (AvgIpc) is 3.54. The van der Waals surface area contributed by atoms with Gasteiger partial charge in [-0.25, -0.2) is 15.0 Å². The van der Waals surface area contributed by atoms with Gasteiger partial charge in [0.05, 0.1) is 16.7 Å². The minimum Gasteiger partial charge on any atom is -0.367 e. The van der Waals surface area contributed by atoms with Crippen molar-refractivity contribution in [1.82, 2.24) is 24.6 Å². The van der Waals surface area contributed by atoms with Crippen LogP contribution in [0.4, 0.5) is 11.6 Å². The molecule has 2 aliphatic rings. The third-order valence-corrected chi connectivity index (χ3v) is 7.15. The standard InChI is InChI=1S/C26H29N7O/c1-17-26(29-21-7-3-2-6-20(21)27-17)22-14-24-30-23(32-12-4-5-13-32)15-25(33(24)31-22)28-19-10-8-18(16-34)9-11-19/h2-3,6-7,14-16,18-19,28H,4-5,8-13H2,1H3. The van der Waals surface area contributed by atoms with Gasteiger partial charge in [-0.15, -0.1) is 0 Å². The summed E-state index contributed by atoms with van der Waals surface area (Å²) in [6.45, 7) is 4.04. The SMILES string of the molecule is Cc1nc2ccccc2nc1-c1cc2nc(N3CCCC3)cc(NC3CCC(C=O)CC3)n2n1. The molecule has 8 heteroatoms. The molecule has 0 spiro atoms. The summed E-state index contributed by atoms with van der Waals surface area (Å²) in [4.78, 5) is 28.1. The van der Waals surface area contributed by atoms with Crippen molar-refractivity contribution in [2.24, 2.45) is 5.92 Å². The lowest BCUT2D eigenvalue weighted by Gasteiger charge is -2.27. The number of anilines is 2. The predicted octanol–water partition coefficient (Wildman–Crippen LogP) is 4.42. The lowest BCUT2D eigenvalue weighted by atomic mass is 9.87. The molecule has 1 aliphatic carbocycles. The van der Waals surface area contributed by atoms with E-state index in [0.717, 1.165) is 90.5 Å². The molecule has 0 bridgehead atoms. The Morgan fingerprint density at radius 1 is 0.971 bits per heavy atom. The van der Waals surface area contributed by atoms with Gasteiger partial charge in [-0.3, -0.25) is 0 Å². The van der Waals surface area contributed by atoms with Crippen molar-refractivity contribution in [1.29, 1.82) is 0 Å². The molecule has 8 nitrogen and oxygen atoms in total. The largest absolute Gasteiger partial charge is 0.367 e. The maximum absolute atomic E-state index is 11.2. The third kappa shape index (κ3) is 3.87. The Morgan fingerprint density at radius 3 is 2.44 bits per heavy atom. The lowest BCUT2D eigenvalue weighted by Crippen LogP contribution is -2.28. The second-order valence-electron chi connectivity index (χ2n) is 9.53. The molecular formula is C26H29N7O. The zero-order chi connectivity index (χ0) is 23.1. The molecule has 1 aliphatic heterocycles. The van der Waals surface area contributed by atoms with Crippen LogP contribution in [0.3, 0.4) is 0 Å². The van der Waals surface area contributed by atoms with E-state index < -0.39 is 0 Å². The molecule has 34 heavy (non-hydrogen) atoms. The van der Waals surface area contributed by atoms with Gasteiger partial charge in [0, 0.05) is 37.2 Å². The Labute approximate surface area is 198 Å². The molecule has 0 atom stereocenters. The summed E-state index contributed by atoms with van der Waals surface area (Å²) in [7, 11) is 0. The van der Waals surface area contributed by atoms with Gasteiger partial charge in [-0.05, 0) is 57.6 Å². The van der Waals surface area contributed by atoms with Crippen molar-refractivity contribution in [3.8, 4) is 11.4 Å². The van der Waals surface area contributed by atoms with Crippen molar-refractivity contribution in [3.63, 3.8) is 0 Å². The summed E-state index contributed by atoms with van der Waals surface area (Å²) in [5.74, 6) is 2.13. The first kappa shape index (κ1) is 21.0. The highest BCUT2D eigenvalue weighted by molar-refractivity contribution is 5.78. The van der Waals surface area contributed by atoms with E-state index in [-0.39, 0.29) is 5.92 Å². The molecule has 0 amide bonds. The molecule has 2 fully saturated rings. The molecule has 1 saturated heterocycles. The molecular weight excluding hydrogens is 426 g/mol. The van der Waals surface area contributed by atoms with Crippen LogP contribution in [-0.2, 0) is 4.79 Å². The molecule has 1 saturated carbocycles. The number of benzene rings is 1. The van der Waals surface area contributed by atoms with E-state index in [9.17, 15) is 4.79 Å². The van der Waals surface area contributed by atoms with Crippen molar-refractivity contribution in [2.45, 2.75) is 51.5 Å². The van der Waals surface area contributed by atoms with Crippen molar-refractivity contribution < 1.29 is 4.79 Å². The fourth-order valence-corrected chi connectivity index (χ4v) is 5.23. The smallest absolute Gasteiger partial charge is 0.160 e. The normalized spacial score (nSPS) is 20.8. The molecule has 6 rings (SSSR count). The van der Waals surface area contributed by atoms with Crippen LogP contribution in [0, 0.1) is 12.8 Å². The van der Waals surface area contributed by atoms with Gasteiger partial charge in [0.25, 0.3) is 0 Å². The van der Waals surface area contributed by atoms with Crippen LogP contribution in [0.25, 0.3) is 28.1 Å². The first-order valence-corrected chi connectivity index (χ1v) is 12.3. The number of nitrogens with one attached hydrogen (secondary N) is 1. The van der Waals surface area contributed by atoms with Crippen LogP contribution in [0.5, 0.6) is 0 Å². The van der Waals surface area contributed by atoms with E-state index in [0.29, 0.717) is 6.04 Å². The van der Waals surface area contributed by atoms with Gasteiger partial charge in [0.2, 0.25) is 0 Å². The highest BCUT2D eigenvalue weighted by Gasteiger charge is 2.23. The average molecular weight is 456 g/mol. The monoisotopic (exact) mass is 455 g/mol. The van der Waals surface area contributed by atoms with Crippen molar-refractivity contribution in [2.75, 3.05) is 23.3 Å². The number of hydrogen-bond donors (Lipinski definition) is 1. The lowest BCUT2D eigenvalue weighted by molar-refractivity contribution is -0.111. The summed E-state index contributed by atoms with van der Waals surface area (Å²) in [5, 5.41) is 8.65. The molecule has 4 aromatic rings. The summed E-state index contributed by atoms with van der Waals surface area (Å²) in [6, 6.07) is 12.4. The quantitative estimate of drug-likeness (QED) is 0.446. The van der Waals surface area contributed by atoms with Gasteiger partial charge in [-0.2, -0.15) is 9.61 Å². The molecule has 1 N–H and O–H groups in total. The highest BCUT2D eigenvalue weighted by atomic mass is 16.1. The van der Waals surface area contributed by atoms with E-state index >= 15 is 0 Å². The molecule has 0 radical (unpaired) electrons. The van der Waals surface area contributed by atoms with Gasteiger partial charge in [0.15, 0.2) is 5.65 Å². The fraction of sp³-hybridized carbons (Fsp3) is 0.423. The zero-order valence-corrected chi connectivity index (χ0v) is 19.4. The van der Waals surface area contributed by atoms with Crippen LogP contribution in [0.15, 0.2) is 36.4 Å². The molecule has 4 heterocycles. The Kier molecular flexibility index (Phi) is 5.36. The van der Waals surface area contributed by atoms with Crippen LogP contribution in [0.1, 0.15) is 44.2 Å². The fourth-order valence-electron chi connectivity index (χ4n) is 5.23. The maximum atomic E-state index is 11.2. The summed E-state index contributed by atoms with van der Waals surface area (Å²) >= 11 is 0. The zero-order valence-electron chi connectivity index (χ0n) is 19.4. The Morgan fingerprint density at radius 2 is 1.71 bits per heavy atom. The van der Waals surface area contributed by atoms with E-state index in [1.54, 1.807) is 0 Å². The number of fused-ring (bicyclic) bond motifs is 2. The van der Waals surface area contributed by atoms with Crippen LogP contribution in [-0.4, -0.2) is 50.0 Å². The van der Waals surface area contributed by atoms with Crippen molar-refractivity contribution in [3.05, 3.63) is 42.1 Å². The Balaban J connectivity index is 1.41. The van der Waals surface area contributed by atoms with Crippen LogP contribution in [0.2, 0.25) is 0 Å². The van der Waals surface area contributed by atoms with Gasteiger partial charge in [-0.1, -0.05) is 12.1 Å². The second kappa shape index (κ2) is 8.66.